The molecule has 82 valence electrons. The van der Waals surface area contributed by atoms with Crippen molar-refractivity contribution in [3.8, 4) is 0 Å². The van der Waals surface area contributed by atoms with E-state index in [1.165, 1.54) is 18.1 Å². The van der Waals surface area contributed by atoms with Crippen molar-refractivity contribution in [2.45, 2.75) is 10.1 Å². The fourth-order valence-corrected chi connectivity index (χ4v) is 2.44. The number of halogens is 2. The minimum atomic E-state index is -0.355. The van der Waals surface area contributed by atoms with Crippen LogP contribution in [0.1, 0.15) is 0 Å². The van der Waals surface area contributed by atoms with Crippen LogP contribution in [0.15, 0.2) is 44.0 Å². The van der Waals surface area contributed by atoms with Crippen LogP contribution in [0, 0.1) is 0 Å². The quantitative estimate of drug-likeness (QED) is 0.865. The first-order chi connectivity index (χ1) is 7.68. The zero-order valence-corrected chi connectivity index (χ0v) is 10.9. The molecule has 2 aromatic heterocycles. The smallest absolute Gasteiger partial charge is 0.270 e. The van der Waals surface area contributed by atoms with Crippen LogP contribution in [0.4, 0.5) is 0 Å². The number of H-pyrrole nitrogens is 1. The van der Waals surface area contributed by atoms with Crippen molar-refractivity contribution in [1.82, 2.24) is 15.0 Å². The van der Waals surface area contributed by atoms with E-state index < -0.39 is 0 Å². The van der Waals surface area contributed by atoms with Crippen molar-refractivity contribution in [3.05, 3.63) is 44.5 Å². The summed E-state index contributed by atoms with van der Waals surface area (Å²) >= 11 is 10.4. The summed E-state index contributed by atoms with van der Waals surface area (Å²) in [5.41, 5.74) is -0.355. The molecule has 0 unspecified atom stereocenters. The molecule has 0 fully saturated rings. The molecule has 2 aromatic rings. The second-order valence-electron chi connectivity index (χ2n) is 2.74. The molecule has 0 aliphatic heterocycles. The van der Waals surface area contributed by atoms with Crippen LogP contribution in [0.2, 0.25) is 5.02 Å². The van der Waals surface area contributed by atoms with E-state index in [0.29, 0.717) is 10.1 Å². The fraction of sp³-hybridized carbons (Fsp3) is 0. The average molecular weight is 319 g/mol. The molecule has 0 aromatic carbocycles. The molecular weight excluding hydrogens is 314 g/mol. The van der Waals surface area contributed by atoms with E-state index in [1.54, 1.807) is 12.3 Å². The molecule has 0 saturated heterocycles. The minimum Gasteiger partial charge on any atom is -0.312 e. The topological polar surface area (TPSA) is 58.6 Å². The molecule has 0 radical (unpaired) electrons. The van der Waals surface area contributed by atoms with Crippen molar-refractivity contribution < 1.29 is 0 Å². The lowest BCUT2D eigenvalue weighted by molar-refractivity contribution is 1.01. The number of hydrogen-bond acceptors (Lipinski definition) is 4. The van der Waals surface area contributed by atoms with Gasteiger partial charge in [-0.1, -0.05) is 11.6 Å². The zero-order valence-electron chi connectivity index (χ0n) is 7.78. The summed E-state index contributed by atoms with van der Waals surface area (Å²) in [5.74, 6) is 0. The molecule has 0 spiro atoms. The molecule has 4 nitrogen and oxygen atoms in total. The van der Waals surface area contributed by atoms with E-state index in [4.69, 9.17) is 11.6 Å². The van der Waals surface area contributed by atoms with Crippen molar-refractivity contribution in [2.24, 2.45) is 0 Å². The molecule has 0 atom stereocenters. The third-order valence-electron chi connectivity index (χ3n) is 1.68. The van der Waals surface area contributed by atoms with Gasteiger partial charge in [0, 0.05) is 6.20 Å². The van der Waals surface area contributed by atoms with Crippen molar-refractivity contribution in [3.63, 3.8) is 0 Å². The number of aromatic nitrogens is 3. The highest BCUT2D eigenvalue weighted by atomic mass is 79.9. The van der Waals surface area contributed by atoms with Gasteiger partial charge < -0.3 is 4.98 Å². The van der Waals surface area contributed by atoms with Crippen LogP contribution in [0.25, 0.3) is 0 Å². The van der Waals surface area contributed by atoms with Gasteiger partial charge in [0.15, 0.2) is 0 Å². The summed E-state index contributed by atoms with van der Waals surface area (Å²) in [6.45, 7) is 0. The number of aromatic amines is 1. The molecule has 0 amide bonds. The van der Waals surface area contributed by atoms with E-state index in [0.717, 1.165) is 4.47 Å². The first kappa shape index (κ1) is 11.6. The Bertz CT molecular complexity index is 575. The SMILES string of the molecule is O=c1[nH]cnc(Sc2ncccc2Br)c1Cl. The highest BCUT2D eigenvalue weighted by molar-refractivity contribution is 9.10. The molecule has 7 heteroatoms. The summed E-state index contributed by atoms with van der Waals surface area (Å²) in [6, 6.07) is 3.66. The molecule has 2 heterocycles. The maximum atomic E-state index is 11.2. The summed E-state index contributed by atoms with van der Waals surface area (Å²) in [5, 5.41) is 1.22. The third-order valence-corrected chi connectivity index (χ3v) is 4.07. The van der Waals surface area contributed by atoms with Crippen LogP contribution >= 0.6 is 39.3 Å². The maximum Gasteiger partial charge on any atom is 0.270 e. The van der Waals surface area contributed by atoms with E-state index in [-0.39, 0.29) is 10.6 Å². The van der Waals surface area contributed by atoms with E-state index in [2.05, 4.69) is 30.9 Å². The molecular formula is C9H5BrClN3OS. The van der Waals surface area contributed by atoms with Gasteiger partial charge in [0.1, 0.15) is 15.1 Å². The Morgan fingerprint density at radius 3 is 2.94 bits per heavy atom. The van der Waals surface area contributed by atoms with Crippen LogP contribution in [0.3, 0.4) is 0 Å². The van der Waals surface area contributed by atoms with Crippen LogP contribution < -0.4 is 5.56 Å². The second-order valence-corrected chi connectivity index (χ2v) is 4.95. The molecule has 0 aliphatic rings. The van der Waals surface area contributed by atoms with Gasteiger partial charge in [-0.25, -0.2) is 9.97 Å². The number of nitrogens with zero attached hydrogens (tertiary/aromatic N) is 2. The lowest BCUT2D eigenvalue weighted by Gasteiger charge is -2.02. The largest absolute Gasteiger partial charge is 0.312 e. The second kappa shape index (κ2) is 4.99. The molecule has 1 N–H and O–H groups in total. The highest BCUT2D eigenvalue weighted by Gasteiger charge is 2.10. The van der Waals surface area contributed by atoms with Gasteiger partial charge in [-0.05, 0) is 39.8 Å². The van der Waals surface area contributed by atoms with Gasteiger partial charge in [0.2, 0.25) is 0 Å². The average Bonchev–Trinajstić information content (AvgIpc) is 2.28. The lowest BCUT2D eigenvalue weighted by Crippen LogP contribution is -2.07. The molecule has 0 saturated carbocycles. The van der Waals surface area contributed by atoms with Gasteiger partial charge in [0.05, 0.1) is 10.8 Å². The molecule has 16 heavy (non-hydrogen) atoms. The first-order valence-corrected chi connectivity index (χ1v) is 6.19. The van der Waals surface area contributed by atoms with Crippen molar-refractivity contribution in [1.29, 1.82) is 0 Å². The van der Waals surface area contributed by atoms with Gasteiger partial charge >= 0.3 is 0 Å². The molecule has 0 aliphatic carbocycles. The predicted octanol–water partition coefficient (Wildman–Crippen LogP) is 2.73. The van der Waals surface area contributed by atoms with E-state index >= 15 is 0 Å². The lowest BCUT2D eigenvalue weighted by atomic mass is 10.5. The van der Waals surface area contributed by atoms with Crippen molar-refractivity contribution in [2.75, 3.05) is 0 Å². The highest BCUT2D eigenvalue weighted by Crippen LogP contribution is 2.32. The summed E-state index contributed by atoms with van der Waals surface area (Å²) in [4.78, 5) is 21.8. The Balaban J connectivity index is 2.38. The van der Waals surface area contributed by atoms with Crippen molar-refractivity contribution >= 4 is 39.3 Å². The monoisotopic (exact) mass is 317 g/mol. The Kier molecular flexibility index (Phi) is 3.63. The number of hydrogen-bond donors (Lipinski definition) is 1. The van der Waals surface area contributed by atoms with Gasteiger partial charge in [-0.15, -0.1) is 0 Å². The minimum absolute atomic E-state index is 0.0741. The summed E-state index contributed by atoms with van der Waals surface area (Å²) < 4.78 is 0.832. The van der Waals surface area contributed by atoms with Gasteiger partial charge in [0.25, 0.3) is 5.56 Å². The Morgan fingerprint density at radius 1 is 1.38 bits per heavy atom. The molecule has 2 rings (SSSR count). The fourth-order valence-electron chi connectivity index (χ4n) is 0.976. The van der Waals surface area contributed by atoms with E-state index in [1.807, 2.05) is 6.07 Å². The Hall–Kier alpha value is -0.850. The maximum absolute atomic E-state index is 11.2. The zero-order chi connectivity index (χ0) is 11.5. The first-order valence-electron chi connectivity index (χ1n) is 4.20. The van der Waals surface area contributed by atoms with E-state index in [9.17, 15) is 4.79 Å². The number of pyridine rings is 1. The van der Waals surface area contributed by atoms with Crippen LogP contribution in [-0.4, -0.2) is 15.0 Å². The summed E-state index contributed by atoms with van der Waals surface area (Å²) in [6.07, 6.45) is 2.97. The third kappa shape index (κ3) is 2.45. The molecule has 0 bridgehead atoms. The van der Waals surface area contributed by atoms with Gasteiger partial charge in [-0.2, -0.15) is 0 Å². The summed E-state index contributed by atoms with van der Waals surface area (Å²) in [7, 11) is 0. The number of rotatable bonds is 2. The van der Waals surface area contributed by atoms with Gasteiger partial charge in [-0.3, -0.25) is 4.79 Å². The Labute approximate surface area is 109 Å². The Morgan fingerprint density at radius 2 is 2.19 bits per heavy atom. The van der Waals surface area contributed by atoms with Crippen LogP contribution in [-0.2, 0) is 0 Å². The van der Waals surface area contributed by atoms with Crippen LogP contribution in [0.5, 0.6) is 0 Å². The standard InChI is InChI=1S/C9H5BrClN3OS/c10-5-2-1-3-12-8(5)16-9-6(11)7(15)13-4-14-9/h1-4H,(H,13,14,15). The predicted molar refractivity (Wildman–Crippen MR) is 65.9 cm³/mol. The normalized spacial score (nSPS) is 10.4. The number of nitrogens with one attached hydrogen (secondary N) is 1.